The van der Waals surface area contributed by atoms with E-state index >= 15 is 0 Å². The molecular weight excluding hydrogens is 682 g/mol. The first-order valence-corrected chi connectivity index (χ1v) is 15.5. The van der Waals surface area contributed by atoms with Gasteiger partial charge in [-0.15, -0.1) is 30.3 Å². The van der Waals surface area contributed by atoms with Crippen molar-refractivity contribution in [3.8, 4) is 12.0 Å². The van der Waals surface area contributed by atoms with E-state index in [1.165, 1.54) is 18.2 Å². The van der Waals surface area contributed by atoms with Gasteiger partial charge in [-0.1, -0.05) is 48.5 Å². The molecule has 0 saturated heterocycles. The molecule has 6 aromatic rings. The Bertz CT molecular complexity index is 2200. The second kappa shape index (κ2) is 17.3. The zero-order valence-corrected chi connectivity index (χ0v) is 31.4. The molecule has 2 heterocycles. The van der Waals surface area contributed by atoms with Crippen molar-refractivity contribution in [3.63, 3.8) is 0 Å². The van der Waals surface area contributed by atoms with E-state index in [9.17, 15) is 23.2 Å². The van der Waals surface area contributed by atoms with E-state index in [1.807, 2.05) is 36.4 Å². The molecule has 6 rings (SSSR count). The summed E-state index contributed by atoms with van der Waals surface area (Å²) in [6.07, 6.45) is 3.05. The monoisotopic (exact) mass is 706 g/mol. The summed E-state index contributed by atoms with van der Waals surface area (Å²) in [5, 5.41) is 31.6. The maximum Gasteiger partial charge on any atom is 1.00 e. The van der Waals surface area contributed by atoms with Gasteiger partial charge >= 0.3 is 71.1 Å². The summed E-state index contributed by atoms with van der Waals surface area (Å²) in [5.74, 6) is 0.188. The Kier molecular flexibility index (Phi) is 13.2. The summed E-state index contributed by atoms with van der Waals surface area (Å²) in [6, 6.07) is 29.3. The van der Waals surface area contributed by atoms with Gasteiger partial charge in [-0.3, -0.25) is 0 Å². The predicted molar refractivity (Wildman–Crippen MR) is 178 cm³/mol. The third-order valence-corrected chi connectivity index (χ3v) is 7.27. The molecule has 6 N–H and O–H groups in total. The van der Waals surface area contributed by atoms with Crippen LogP contribution >= 0.6 is 0 Å². The fourth-order valence-electron chi connectivity index (χ4n) is 4.28. The van der Waals surface area contributed by atoms with Crippen molar-refractivity contribution in [3.05, 3.63) is 114 Å². The van der Waals surface area contributed by atoms with Crippen LogP contribution in [0, 0.1) is 6.07 Å². The summed E-state index contributed by atoms with van der Waals surface area (Å²) in [6.45, 7) is 0. The molecule has 2 aromatic heterocycles. The largest absolute Gasteiger partial charge is 1.00 e. The van der Waals surface area contributed by atoms with Gasteiger partial charge in [0.2, 0.25) is 23.8 Å². The molecule has 4 aromatic carbocycles. The zero-order chi connectivity index (χ0) is 33.5. The average Bonchev–Trinajstić information content (AvgIpc) is 3.05. The minimum absolute atomic E-state index is 0. The molecule has 0 aliphatic carbocycles. The normalized spacial score (nSPS) is 10.8. The molecule has 50 heavy (non-hydrogen) atoms. The Balaban J connectivity index is 0.00000281. The van der Waals surface area contributed by atoms with Crippen molar-refractivity contribution < 1.29 is 82.3 Å². The van der Waals surface area contributed by atoms with Gasteiger partial charge in [0.25, 0.3) is 0 Å². The van der Waals surface area contributed by atoms with Crippen molar-refractivity contribution in [2.75, 3.05) is 21.3 Å². The van der Waals surface area contributed by atoms with E-state index in [2.05, 4.69) is 57.2 Å². The van der Waals surface area contributed by atoms with Gasteiger partial charge in [-0.05, 0) is 47.6 Å². The molecule has 0 amide bonds. The molecule has 0 bridgehead atoms. The van der Waals surface area contributed by atoms with Gasteiger partial charge in [0, 0.05) is 17.1 Å². The molecule has 0 atom stereocenters. The minimum Gasteiger partial charge on any atom is -0.744 e. The first-order chi connectivity index (χ1) is 23.2. The van der Waals surface area contributed by atoms with Crippen molar-refractivity contribution in [2.45, 2.75) is 4.90 Å². The molecule has 0 fully saturated rings. The van der Waals surface area contributed by atoms with Crippen LogP contribution in [0.4, 0.5) is 46.5 Å². The summed E-state index contributed by atoms with van der Waals surface area (Å²) < 4.78 is 36.6. The van der Waals surface area contributed by atoms with Crippen molar-refractivity contribution in [1.29, 1.82) is 0 Å². The first kappa shape index (κ1) is 38.2. The quantitative estimate of drug-likeness (QED) is 0.0425. The molecule has 0 spiro atoms. The van der Waals surface area contributed by atoms with Gasteiger partial charge in [-0.2, -0.15) is 35.5 Å². The first-order valence-electron chi connectivity index (χ1n) is 14.0. The Morgan fingerprint density at radius 3 is 1.50 bits per heavy atom. The van der Waals surface area contributed by atoms with Gasteiger partial charge in [0.1, 0.15) is 10.1 Å². The average molecular weight is 707 g/mol. The van der Waals surface area contributed by atoms with Gasteiger partial charge in [0.05, 0.1) is 4.90 Å². The van der Waals surface area contributed by atoms with Crippen LogP contribution in [0.3, 0.4) is 0 Å². The maximum atomic E-state index is 12.2. The summed E-state index contributed by atoms with van der Waals surface area (Å²) in [5.41, 5.74) is 2.84. The minimum atomic E-state index is -4.90. The summed E-state index contributed by atoms with van der Waals surface area (Å²) >= 11 is 0. The number of aromatic hydroxyl groups is 2. The number of nitrogens with zero attached hydrogens (tertiary/aromatic N) is 6. The number of benzene rings is 4. The molecular formula is C32H24N10Na2O5S. The number of hydrogen-bond donors (Lipinski definition) is 6. The van der Waals surface area contributed by atoms with Crippen LogP contribution < -0.4 is 80.4 Å². The van der Waals surface area contributed by atoms with Crippen molar-refractivity contribution in [2.24, 2.45) is 0 Å². The molecule has 0 unspecified atom stereocenters. The zero-order valence-electron chi connectivity index (χ0n) is 26.6. The Morgan fingerprint density at radius 2 is 1.04 bits per heavy atom. The summed E-state index contributed by atoms with van der Waals surface area (Å²) in [7, 11) is -4.90. The Hall–Kier alpha value is -4.65. The molecule has 0 radical (unpaired) electrons. The summed E-state index contributed by atoms with van der Waals surface area (Å²) in [4.78, 5) is 23.4. The van der Waals surface area contributed by atoms with Crippen LogP contribution in [-0.2, 0) is 10.1 Å². The Morgan fingerprint density at radius 1 is 0.580 bits per heavy atom. The molecule has 15 nitrogen and oxygen atoms in total. The number of anilines is 8. The van der Waals surface area contributed by atoms with E-state index < -0.39 is 27.0 Å². The number of rotatable bonds is 11. The third-order valence-electron chi connectivity index (χ3n) is 6.38. The number of aromatic nitrogens is 6. The van der Waals surface area contributed by atoms with E-state index in [4.69, 9.17) is 0 Å². The van der Waals surface area contributed by atoms with Crippen LogP contribution in [0.2, 0.25) is 0 Å². The smallest absolute Gasteiger partial charge is 0.744 e. The maximum absolute atomic E-state index is 12.2. The SMILES string of the molecule is O=S(=O)([O-])c1cc(Nc2nc(O)nc(Nc3ccccc3)n2)ccc1/C=C/c1[c-]cc(Nc2nc(O)nc(Nc3ccccc3)n2)cc1.[Na+].[Na+]. The van der Waals surface area contributed by atoms with Crippen molar-refractivity contribution in [1.82, 2.24) is 29.9 Å². The van der Waals surface area contributed by atoms with Gasteiger partial charge in [-0.25, -0.2) is 8.42 Å². The number of para-hydroxylation sites is 2. The molecule has 0 saturated carbocycles. The fourth-order valence-corrected chi connectivity index (χ4v) is 4.97. The Labute approximate surface area is 330 Å². The topological polar surface area (TPSA) is 223 Å². The number of hydrogen-bond acceptors (Lipinski definition) is 15. The van der Waals surface area contributed by atoms with Gasteiger partial charge < -0.3 is 36.0 Å². The van der Waals surface area contributed by atoms with Crippen LogP contribution in [0.5, 0.6) is 12.0 Å². The number of nitrogens with one attached hydrogen (secondary N) is 4. The molecule has 18 heteroatoms. The third kappa shape index (κ3) is 10.7. The van der Waals surface area contributed by atoms with Crippen LogP contribution in [0.1, 0.15) is 11.1 Å². The van der Waals surface area contributed by atoms with E-state index in [0.29, 0.717) is 16.9 Å². The van der Waals surface area contributed by atoms with Crippen molar-refractivity contribution >= 4 is 68.8 Å². The van der Waals surface area contributed by atoms with E-state index in [-0.39, 0.29) is 94.2 Å². The molecule has 0 aliphatic rings. The van der Waals surface area contributed by atoms with Crippen LogP contribution in [0.15, 0.2) is 102 Å². The van der Waals surface area contributed by atoms with Gasteiger partial charge in [0.15, 0.2) is 0 Å². The molecule has 240 valence electrons. The predicted octanol–water partition coefficient (Wildman–Crippen LogP) is -0.675. The fraction of sp³-hybridized carbons (Fsp3) is 0. The molecule has 0 aliphatic heterocycles. The van der Waals surface area contributed by atoms with E-state index in [0.717, 1.165) is 11.8 Å². The van der Waals surface area contributed by atoms with Crippen LogP contribution in [-0.4, -0.2) is 53.1 Å². The second-order valence-electron chi connectivity index (χ2n) is 9.87. The van der Waals surface area contributed by atoms with E-state index in [1.54, 1.807) is 48.5 Å². The standard InChI is InChI=1S/C32H25N10O5S.2Na/c43-31-39-27(33-22-7-3-1-4-8-22)37-29(41-31)35-24-16-12-20(13-17-24)11-14-21-15-18-25(19-26(21)48(45,46)47)36-30-38-28(40-32(44)42-30)34-23-9-5-2-6-10-23;;/h1-12,14-19H,(H,45,46,47)(H3,33,35,37,39,41,43)(H3,34,36,38,40,42,44);;/q-1;2*+1/p-1/b14-11+;;. The second-order valence-corrected chi connectivity index (χ2v) is 11.2. The van der Waals surface area contributed by atoms with Crippen LogP contribution in [0.25, 0.3) is 12.2 Å².